The molecule has 1 aromatic heterocycles. The van der Waals surface area contributed by atoms with Crippen LogP contribution >= 0.6 is 34.9 Å². The summed E-state index contributed by atoms with van der Waals surface area (Å²) in [6.45, 7) is 0. The number of thioether (sulfide) groups is 2. The molecule has 0 aromatic carbocycles. The molecule has 0 aliphatic carbocycles. The lowest BCUT2D eigenvalue weighted by atomic mass is 10.4. The number of nitrogen functional groups attached to an aromatic ring is 1. The first kappa shape index (κ1) is 11.7. The van der Waals surface area contributed by atoms with Crippen molar-refractivity contribution in [2.45, 2.75) is 9.10 Å². The summed E-state index contributed by atoms with van der Waals surface area (Å²) in [5.74, 6) is -0.358. The van der Waals surface area contributed by atoms with Crippen LogP contribution in [0.4, 0.5) is 5.69 Å². The minimum atomic E-state index is -0.358. The molecule has 1 aromatic rings. The Kier molecular flexibility index (Phi) is 4.15. The van der Waals surface area contributed by atoms with Crippen LogP contribution in [-0.2, 0) is 4.74 Å². The number of methoxy groups -OCH3 is 1. The third-order valence-corrected chi connectivity index (χ3v) is 5.03. The average molecular weight is 249 g/mol. The highest BCUT2D eigenvalue weighted by atomic mass is 32.2. The Morgan fingerprint density at radius 1 is 1.43 bits per heavy atom. The minimum Gasteiger partial charge on any atom is -0.465 e. The highest BCUT2D eigenvalue weighted by Crippen LogP contribution is 2.42. The van der Waals surface area contributed by atoms with Gasteiger partial charge in [0.25, 0.3) is 0 Å². The number of anilines is 1. The fourth-order valence-electron chi connectivity index (χ4n) is 0.979. The van der Waals surface area contributed by atoms with Gasteiger partial charge >= 0.3 is 5.97 Å². The number of carbonyl (C=O) groups excluding carboxylic acids is 1. The zero-order chi connectivity index (χ0) is 10.7. The zero-order valence-corrected chi connectivity index (χ0v) is 10.6. The maximum absolute atomic E-state index is 11.3. The fraction of sp³-hybridized carbons (Fsp3) is 0.375. The van der Waals surface area contributed by atoms with Gasteiger partial charge in [-0.15, -0.1) is 34.9 Å². The molecule has 6 heteroatoms. The lowest BCUT2D eigenvalue weighted by molar-refractivity contribution is 0.0607. The highest BCUT2D eigenvalue weighted by molar-refractivity contribution is 8.03. The molecule has 1 heterocycles. The Labute approximate surface area is 95.4 Å². The minimum absolute atomic E-state index is 0.358. The molecule has 0 unspecified atom stereocenters. The molecule has 14 heavy (non-hydrogen) atoms. The van der Waals surface area contributed by atoms with Gasteiger partial charge in [-0.1, -0.05) is 0 Å². The second-order valence-electron chi connectivity index (χ2n) is 2.36. The van der Waals surface area contributed by atoms with Crippen LogP contribution in [0.25, 0.3) is 0 Å². The third-order valence-electron chi connectivity index (χ3n) is 1.63. The van der Waals surface area contributed by atoms with Gasteiger partial charge in [-0.2, -0.15) is 0 Å². The Morgan fingerprint density at radius 2 is 2.07 bits per heavy atom. The van der Waals surface area contributed by atoms with Gasteiger partial charge < -0.3 is 10.5 Å². The molecule has 0 bridgehead atoms. The normalized spacial score (nSPS) is 10.2. The second kappa shape index (κ2) is 4.95. The van der Waals surface area contributed by atoms with Crippen molar-refractivity contribution in [2.24, 2.45) is 0 Å². The van der Waals surface area contributed by atoms with Gasteiger partial charge in [-0.25, -0.2) is 4.79 Å². The van der Waals surface area contributed by atoms with E-state index in [2.05, 4.69) is 4.74 Å². The molecule has 0 saturated carbocycles. The van der Waals surface area contributed by atoms with E-state index in [0.29, 0.717) is 10.6 Å². The second-order valence-corrected chi connectivity index (χ2v) is 5.27. The molecule has 0 atom stereocenters. The van der Waals surface area contributed by atoms with Crippen molar-refractivity contribution in [1.82, 2.24) is 0 Å². The summed E-state index contributed by atoms with van der Waals surface area (Å²) in [6, 6.07) is 0. The van der Waals surface area contributed by atoms with E-state index in [9.17, 15) is 4.79 Å². The van der Waals surface area contributed by atoms with Crippen LogP contribution in [0, 0.1) is 0 Å². The molecule has 0 aliphatic heterocycles. The summed E-state index contributed by atoms with van der Waals surface area (Å²) in [5.41, 5.74) is 6.38. The first-order chi connectivity index (χ1) is 6.65. The van der Waals surface area contributed by atoms with Crippen molar-refractivity contribution in [3.05, 3.63) is 4.88 Å². The summed E-state index contributed by atoms with van der Waals surface area (Å²) in [5, 5.41) is 0. The van der Waals surface area contributed by atoms with E-state index in [-0.39, 0.29) is 5.97 Å². The first-order valence-electron chi connectivity index (χ1n) is 3.74. The maximum Gasteiger partial charge on any atom is 0.350 e. The van der Waals surface area contributed by atoms with Gasteiger partial charge in [0, 0.05) is 0 Å². The summed E-state index contributed by atoms with van der Waals surface area (Å²) >= 11 is 4.53. The number of hydrogen-bond donors (Lipinski definition) is 1. The van der Waals surface area contributed by atoms with Crippen LogP contribution in [0.2, 0.25) is 0 Å². The number of carbonyl (C=O) groups is 1. The number of esters is 1. The summed E-state index contributed by atoms with van der Waals surface area (Å²) in [7, 11) is 1.36. The van der Waals surface area contributed by atoms with Gasteiger partial charge in [0.15, 0.2) is 0 Å². The van der Waals surface area contributed by atoms with Gasteiger partial charge in [0.2, 0.25) is 0 Å². The van der Waals surface area contributed by atoms with Crippen molar-refractivity contribution in [1.29, 1.82) is 0 Å². The van der Waals surface area contributed by atoms with Crippen LogP contribution in [-0.4, -0.2) is 25.6 Å². The standard InChI is InChI=1S/C8H11NO2S3/c1-11-7(10)5-4(9)6(12-2)8(13-3)14-5/h9H2,1-3H3. The Balaban J connectivity index is 3.20. The Bertz CT molecular complexity index is 349. The SMILES string of the molecule is COC(=O)c1sc(SC)c(SC)c1N. The molecule has 78 valence electrons. The van der Waals surface area contributed by atoms with Gasteiger partial charge in [-0.05, 0) is 12.5 Å². The van der Waals surface area contributed by atoms with E-state index in [1.807, 2.05) is 12.5 Å². The van der Waals surface area contributed by atoms with Crippen LogP contribution in [0.15, 0.2) is 9.10 Å². The molecule has 0 saturated heterocycles. The van der Waals surface area contributed by atoms with E-state index < -0.39 is 0 Å². The molecular formula is C8H11NO2S3. The molecular weight excluding hydrogens is 238 g/mol. The van der Waals surface area contributed by atoms with Gasteiger partial charge in [0.1, 0.15) is 4.88 Å². The highest BCUT2D eigenvalue weighted by Gasteiger charge is 2.20. The number of thiophene rings is 1. The van der Waals surface area contributed by atoms with Crippen molar-refractivity contribution < 1.29 is 9.53 Å². The van der Waals surface area contributed by atoms with Crippen LogP contribution < -0.4 is 5.73 Å². The lowest BCUT2D eigenvalue weighted by Crippen LogP contribution is -2.01. The molecule has 3 nitrogen and oxygen atoms in total. The van der Waals surface area contributed by atoms with Crippen molar-refractivity contribution in [3.8, 4) is 0 Å². The number of hydrogen-bond acceptors (Lipinski definition) is 6. The fourth-order valence-corrected chi connectivity index (χ4v) is 4.05. The molecule has 2 N–H and O–H groups in total. The number of ether oxygens (including phenoxy) is 1. The first-order valence-corrected chi connectivity index (χ1v) is 7.00. The van der Waals surface area contributed by atoms with E-state index in [1.165, 1.54) is 18.4 Å². The Morgan fingerprint density at radius 3 is 2.43 bits per heavy atom. The van der Waals surface area contributed by atoms with Gasteiger partial charge in [0.05, 0.1) is 21.9 Å². The monoisotopic (exact) mass is 249 g/mol. The van der Waals surface area contributed by atoms with E-state index in [1.54, 1.807) is 23.5 Å². The van der Waals surface area contributed by atoms with E-state index >= 15 is 0 Å². The van der Waals surface area contributed by atoms with Crippen molar-refractivity contribution in [3.63, 3.8) is 0 Å². The molecule has 0 spiro atoms. The molecule has 0 amide bonds. The lowest BCUT2D eigenvalue weighted by Gasteiger charge is -1.98. The van der Waals surface area contributed by atoms with E-state index in [4.69, 9.17) is 5.73 Å². The van der Waals surface area contributed by atoms with Crippen molar-refractivity contribution >= 4 is 46.5 Å². The van der Waals surface area contributed by atoms with Crippen LogP contribution in [0.5, 0.6) is 0 Å². The molecule has 1 rings (SSSR count). The van der Waals surface area contributed by atoms with Crippen LogP contribution in [0.1, 0.15) is 9.67 Å². The molecule has 0 fully saturated rings. The maximum atomic E-state index is 11.3. The average Bonchev–Trinajstić information content (AvgIpc) is 2.53. The summed E-state index contributed by atoms with van der Waals surface area (Å²) in [4.78, 5) is 12.8. The quantitative estimate of drug-likeness (QED) is 0.659. The predicted octanol–water partition coefficient (Wildman–Crippen LogP) is 2.56. The zero-order valence-electron chi connectivity index (χ0n) is 8.12. The summed E-state index contributed by atoms with van der Waals surface area (Å²) < 4.78 is 5.71. The predicted molar refractivity (Wildman–Crippen MR) is 63.6 cm³/mol. The van der Waals surface area contributed by atoms with E-state index in [0.717, 1.165) is 9.10 Å². The molecule has 0 radical (unpaired) electrons. The van der Waals surface area contributed by atoms with Crippen molar-refractivity contribution in [2.75, 3.05) is 25.4 Å². The number of rotatable bonds is 3. The van der Waals surface area contributed by atoms with Crippen LogP contribution in [0.3, 0.4) is 0 Å². The van der Waals surface area contributed by atoms with Gasteiger partial charge in [-0.3, -0.25) is 0 Å². The smallest absolute Gasteiger partial charge is 0.350 e. The largest absolute Gasteiger partial charge is 0.465 e. The number of nitrogens with two attached hydrogens (primary N) is 1. The summed E-state index contributed by atoms with van der Waals surface area (Å²) in [6.07, 6.45) is 3.91. The third kappa shape index (κ3) is 2.02. The Hall–Kier alpha value is -0.330. The molecule has 0 aliphatic rings. The topological polar surface area (TPSA) is 52.3 Å².